The van der Waals surface area contributed by atoms with Crippen molar-refractivity contribution in [1.82, 2.24) is 20.4 Å². The van der Waals surface area contributed by atoms with Crippen LogP contribution in [0.1, 0.15) is 45.4 Å². The van der Waals surface area contributed by atoms with Crippen LogP contribution in [0.2, 0.25) is 0 Å². The van der Waals surface area contributed by atoms with Crippen molar-refractivity contribution in [1.29, 1.82) is 0 Å². The van der Waals surface area contributed by atoms with Gasteiger partial charge in [-0.05, 0) is 33.2 Å². The monoisotopic (exact) mass is 252 g/mol. The van der Waals surface area contributed by atoms with E-state index in [0.717, 1.165) is 37.8 Å². The van der Waals surface area contributed by atoms with Gasteiger partial charge >= 0.3 is 0 Å². The van der Waals surface area contributed by atoms with Gasteiger partial charge in [0.15, 0.2) is 0 Å². The molecule has 0 radical (unpaired) electrons. The highest BCUT2D eigenvalue weighted by Gasteiger charge is 2.21. The van der Waals surface area contributed by atoms with Crippen molar-refractivity contribution in [3.8, 4) is 0 Å². The molecule has 2 rings (SSSR count). The fraction of sp³-hybridized carbons (Fsp3) is 0.846. The zero-order chi connectivity index (χ0) is 13.0. The van der Waals surface area contributed by atoms with Gasteiger partial charge in [-0.1, -0.05) is 6.92 Å². The van der Waals surface area contributed by atoms with Gasteiger partial charge in [0.1, 0.15) is 0 Å². The number of hydrogen-bond donors (Lipinski definition) is 1. The summed E-state index contributed by atoms with van der Waals surface area (Å²) in [5.74, 6) is 1.46. The van der Waals surface area contributed by atoms with Crippen molar-refractivity contribution in [3.63, 3.8) is 0 Å². The second-order valence-electron chi connectivity index (χ2n) is 5.26. The third kappa shape index (κ3) is 3.53. The summed E-state index contributed by atoms with van der Waals surface area (Å²) in [6.45, 7) is 9.42. The molecule has 1 aromatic heterocycles. The quantitative estimate of drug-likeness (QED) is 0.833. The summed E-state index contributed by atoms with van der Waals surface area (Å²) < 4.78 is 5.59. The average Bonchev–Trinajstić information content (AvgIpc) is 2.99. The van der Waals surface area contributed by atoms with Crippen molar-refractivity contribution in [3.05, 3.63) is 11.8 Å². The average molecular weight is 252 g/mol. The molecule has 0 amide bonds. The van der Waals surface area contributed by atoms with E-state index < -0.39 is 0 Å². The molecule has 1 fully saturated rings. The number of hydrogen-bond acceptors (Lipinski definition) is 5. The van der Waals surface area contributed by atoms with E-state index in [0.29, 0.717) is 12.1 Å². The van der Waals surface area contributed by atoms with E-state index in [1.165, 1.54) is 12.8 Å². The van der Waals surface area contributed by atoms with E-state index in [-0.39, 0.29) is 0 Å². The third-order valence-corrected chi connectivity index (χ3v) is 3.50. The van der Waals surface area contributed by atoms with Crippen LogP contribution in [-0.4, -0.2) is 40.3 Å². The molecular weight excluding hydrogens is 228 g/mol. The summed E-state index contributed by atoms with van der Waals surface area (Å²) in [6, 6.07) is 1.10. The summed E-state index contributed by atoms with van der Waals surface area (Å²) in [6.07, 6.45) is 3.36. The molecule has 5 heteroatoms. The highest BCUT2D eigenvalue weighted by atomic mass is 16.4. The molecular formula is C13H24N4O. The van der Waals surface area contributed by atoms with Gasteiger partial charge in [-0.3, -0.25) is 4.90 Å². The van der Waals surface area contributed by atoms with Gasteiger partial charge in [-0.2, -0.15) is 0 Å². The SMILES string of the molecule is CCc1nnc(CN(CC2CCCN2)C(C)C)o1. The molecule has 102 valence electrons. The number of rotatable bonds is 6. The van der Waals surface area contributed by atoms with Crippen LogP contribution in [0.25, 0.3) is 0 Å². The van der Waals surface area contributed by atoms with Crippen LogP contribution in [0.4, 0.5) is 0 Å². The molecule has 1 aliphatic rings. The summed E-state index contributed by atoms with van der Waals surface area (Å²) in [7, 11) is 0. The molecule has 1 saturated heterocycles. The fourth-order valence-electron chi connectivity index (χ4n) is 2.32. The molecule has 1 N–H and O–H groups in total. The van der Waals surface area contributed by atoms with Gasteiger partial charge in [0.05, 0.1) is 6.54 Å². The van der Waals surface area contributed by atoms with Gasteiger partial charge in [-0.25, -0.2) is 0 Å². The van der Waals surface area contributed by atoms with E-state index in [4.69, 9.17) is 4.42 Å². The topological polar surface area (TPSA) is 54.2 Å². The minimum atomic E-state index is 0.490. The lowest BCUT2D eigenvalue weighted by atomic mass is 10.2. The molecule has 2 heterocycles. The van der Waals surface area contributed by atoms with E-state index in [9.17, 15) is 0 Å². The van der Waals surface area contributed by atoms with Crippen LogP contribution >= 0.6 is 0 Å². The van der Waals surface area contributed by atoms with Crippen molar-refractivity contribution in [2.45, 2.75) is 58.7 Å². The maximum atomic E-state index is 5.59. The van der Waals surface area contributed by atoms with E-state index in [2.05, 4.69) is 34.3 Å². The molecule has 1 aliphatic heterocycles. The standard InChI is InChI=1S/C13H24N4O/c1-4-12-15-16-13(18-12)9-17(10(2)3)8-11-6-5-7-14-11/h10-11,14H,4-9H2,1-3H3. The fourth-order valence-corrected chi connectivity index (χ4v) is 2.32. The Hall–Kier alpha value is -0.940. The first-order valence-corrected chi connectivity index (χ1v) is 6.97. The largest absolute Gasteiger partial charge is 0.424 e. The lowest BCUT2D eigenvalue weighted by Crippen LogP contribution is -2.40. The van der Waals surface area contributed by atoms with E-state index in [1.54, 1.807) is 0 Å². The first-order valence-electron chi connectivity index (χ1n) is 6.97. The van der Waals surface area contributed by atoms with Crippen molar-refractivity contribution in [2.75, 3.05) is 13.1 Å². The molecule has 0 aliphatic carbocycles. The molecule has 0 aromatic carbocycles. The zero-order valence-electron chi connectivity index (χ0n) is 11.6. The van der Waals surface area contributed by atoms with Gasteiger partial charge in [0.25, 0.3) is 0 Å². The van der Waals surface area contributed by atoms with Gasteiger partial charge < -0.3 is 9.73 Å². The van der Waals surface area contributed by atoms with Crippen molar-refractivity contribution < 1.29 is 4.42 Å². The Morgan fingerprint density at radius 2 is 2.17 bits per heavy atom. The Balaban J connectivity index is 1.92. The summed E-state index contributed by atoms with van der Waals surface area (Å²) in [5, 5.41) is 11.7. The molecule has 18 heavy (non-hydrogen) atoms. The molecule has 0 bridgehead atoms. The van der Waals surface area contributed by atoms with E-state index >= 15 is 0 Å². The molecule has 0 spiro atoms. The van der Waals surface area contributed by atoms with Crippen LogP contribution in [0.5, 0.6) is 0 Å². The van der Waals surface area contributed by atoms with Crippen LogP contribution in [-0.2, 0) is 13.0 Å². The molecule has 1 unspecified atom stereocenters. The second kappa shape index (κ2) is 6.29. The molecule has 0 saturated carbocycles. The Labute approximate surface area is 109 Å². The normalized spacial score (nSPS) is 20.2. The molecule has 5 nitrogen and oxygen atoms in total. The zero-order valence-corrected chi connectivity index (χ0v) is 11.6. The first kappa shape index (κ1) is 13.5. The Morgan fingerprint density at radius 3 is 2.72 bits per heavy atom. The number of nitrogens with zero attached hydrogens (tertiary/aromatic N) is 3. The summed E-state index contributed by atoms with van der Waals surface area (Å²) in [5.41, 5.74) is 0. The van der Waals surface area contributed by atoms with Gasteiger partial charge in [0.2, 0.25) is 11.8 Å². The smallest absolute Gasteiger partial charge is 0.230 e. The van der Waals surface area contributed by atoms with Crippen molar-refractivity contribution >= 4 is 0 Å². The van der Waals surface area contributed by atoms with Gasteiger partial charge in [0, 0.05) is 25.0 Å². The highest BCUT2D eigenvalue weighted by molar-refractivity contribution is 4.85. The Bertz CT molecular complexity index is 358. The Kier molecular flexibility index (Phi) is 4.72. The number of nitrogens with one attached hydrogen (secondary N) is 1. The summed E-state index contributed by atoms with van der Waals surface area (Å²) >= 11 is 0. The lowest BCUT2D eigenvalue weighted by Gasteiger charge is -2.27. The van der Waals surface area contributed by atoms with E-state index in [1.807, 2.05) is 6.92 Å². The Morgan fingerprint density at radius 1 is 1.39 bits per heavy atom. The second-order valence-corrected chi connectivity index (χ2v) is 5.26. The van der Waals surface area contributed by atoms with Crippen LogP contribution in [0.3, 0.4) is 0 Å². The van der Waals surface area contributed by atoms with Gasteiger partial charge in [-0.15, -0.1) is 10.2 Å². The molecule has 1 atom stereocenters. The first-order chi connectivity index (χ1) is 8.69. The minimum absolute atomic E-state index is 0.490. The van der Waals surface area contributed by atoms with Crippen LogP contribution < -0.4 is 5.32 Å². The summed E-state index contributed by atoms with van der Waals surface area (Å²) in [4.78, 5) is 2.40. The highest BCUT2D eigenvalue weighted by Crippen LogP contribution is 2.12. The maximum Gasteiger partial charge on any atom is 0.230 e. The van der Waals surface area contributed by atoms with Crippen LogP contribution in [0.15, 0.2) is 4.42 Å². The predicted molar refractivity (Wildman–Crippen MR) is 70.2 cm³/mol. The lowest BCUT2D eigenvalue weighted by molar-refractivity contribution is 0.175. The number of aromatic nitrogens is 2. The van der Waals surface area contributed by atoms with Crippen molar-refractivity contribution in [2.24, 2.45) is 0 Å². The predicted octanol–water partition coefficient (Wildman–Crippen LogP) is 1.59. The minimum Gasteiger partial charge on any atom is -0.424 e. The maximum absolute atomic E-state index is 5.59. The van der Waals surface area contributed by atoms with Crippen LogP contribution in [0, 0.1) is 0 Å². The third-order valence-electron chi connectivity index (χ3n) is 3.50. The number of aryl methyl sites for hydroxylation is 1. The molecule has 1 aromatic rings.